The van der Waals surface area contributed by atoms with Crippen molar-refractivity contribution in [1.82, 2.24) is 0 Å². The van der Waals surface area contributed by atoms with Gasteiger partial charge in [0.15, 0.2) is 6.29 Å². The zero-order valence-corrected chi connectivity index (χ0v) is 5.80. The molecule has 0 saturated carbocycles. The molecular weight excluding hydrogens is 116 g/mol. The molecule has 2 heteroatoms. The van der Waals surface area contributed by atoms with Gasteiger partial charge < -0.3 is 9.47 Å². The SMILES string of the molecule is [CH2]C1CCCC(OC)O1. The Morgan fingerprint density at radius 2 is 2.33 bits per heavy atom. The minimum absolute atomic E-state index is 0.00116. The molecule has 0 bridgehead atoms. The van der Waals surface area contributed by atoms with Crippen molar-refractivity contribution in [1.29, 1.82) is 0 Å². The molecule has 1 heterocycles. The van der Waals surface area contributed by atoms with Crippen molar-refractivity contribution >= 4 is 0 Å². The number of hydrogen-bond acceptors (Lipinski definition) is 2. The van der Waals surface area contributed by atoms with Gasteiger partial charge in [-0.05, 0) is 26.2 Å². The van der Waals surface area contributed by atoms with Crippen molar-refractivity contribution in [3.05, 3.63) is 6.92 Å². The predicted octanol–water partition coefficient (Wildman–Crippen LogP) is 1.36. The maximum atomic E-state index is 5.30. The minimum Gasteiger partial charge on any atom is -0.356 e. The van der Waals surface area contributed by atoms with Gasteiger partial charge in [-0.3, -0.25) is 0 Å². The molecular formula is C7H13O2. The number of hydrogen-bond donors (Lipinski definition) is 0. The molecule has 0 amide bonds. The molecule has 0 aromatic rings. The van der Waals surface area contributed by atoms with Gasteiger partial charge in [0.25, 0.3) is 0 Å². The molecule has 1 rings (SSSR count). The largest absolute Gasteiger partial charge is 0.356 e. The van der Waals surface area contributed by atoms with Crippen LogP contribution in [0.3, 0.4) is 0 Å². The van der Waals surface area contributed by atoms with Gasteiger partial charge in [-0.25, -0.2) is 0 Å². The zero-order chi connectivity index (χ0) is 6.69. The Morgan fingerprint density at radius 1 is 1.56 bits per heavy atom. The summed E-state index contributed by atoms with van der Waals surface area (Å²) >= 11 is 0. The lowest BCUT2D eigenvalue weighted by molar-refractivity contribution is -0.167. The summed E-state index contributed by atoms with van der Waals surface area (Å²) in [4.78, 5) is 0. The van der Waals surface area contributed by atoms with Gasteiger partial charge in [0.05, 0.1) is 6.10 Å². The molecule has 1 aliphatic rings. The summed E-state index contributed by atoms with van der Waals surface area (Å²) in [6, 6.07) is 0. The van der Waals surface area contributed by atoms with E-state index in [1.165, 1.54) is 6.42 Å². The predicted molar refractivity (Wildman–Crippen MR) is 34.9 cm³/mol. The second-order valence-electron chi connectivity index (χ2n) is 2.35. The minimum atomic E-state index is 0.00116. The van der Waals surface area contributed by atoms with Crippen LogP contribution >= 0.6 is 0 Å². The lowest BCUT2D eigenvalue weighted by Crippen LogP contribution is -2.26. The van der Waals surface area contributed by atoms with E-state index in [4.69, 9.17) is 9.47 Å². The van der Waals surface area contributed by atoms with E-state index in [2.05, 4.69) is 6.92 Å². The lowest BCUT2D eigenvalue weighted by atomic mass is 10.1. The molecule has 2 nitrogen and oxygen atoms in total. The topological polar surface area (TPSA) is 18.5 Å². The van der Waals surface area contributed by atoms with Crippen LogP contribution in [-0.4, -0.2) is 19.5 Å². The Balaban J connectivity index is 2.23. The smallest absolute Gasteiger partial charge is 0.157 e. The normalized spacial score (nSPS) is 36.7. The van der Waals surface area contributed by atoms with Gasteiger partial charge in [0.1, 0.15) is 0 Å². The molecule has 1 radical (unpaired) electrons. The highest BCUT2D eigenvalue weighted by Crippen LogP contribution is 2.17. The highest BCUT2D eigenvalue weighted by Gasteiger charge is 2.17. The van der Waals surface area contributed by atoms with E-state index in [1.807, 2.05) is 0 Å². The zero-order valence-electron chi connectivity index (χ0n) is 5.80. The summed E-state index contributed by atoms with van der Waals surface area (Å²) in [6.07, 6.45) is 3.40. The maximum Gasteiger partial charge on any atom is 0.157 e. The lowest BCUT2D eigenvalue weighted by Gasteiger charge is -2.25. The van der Waals surface area contributed by atoms with Gasteiger partial charge in [-0.2, -0.15) is 0 Å². The molecule has 0 N–H and O–H groups in total. The van der Waals surface area contributed by atoms with E-state index in [9.17, 15) is 0 Å². The van der Waals surface area contributed by atoms with Crippen LogP contribution < -0.4 is 0 Å². The number of methoxy groups -OCH3 is 1. The Hall–Kier alpha value is -0.0800. The van der Waals surface area contributed by atoms with Crippen LogP contribution in [-0.2, 0) is 9.47 Å². The molecule has 1 saturated heterocycles. The monoisotopic (exact) mass is 129 g/mol. The Bertz CT molecular complexity index is 83.0. The molecule has 53 valence electrons. The van der Waals surface area contributed by atoms with Gasteiger partial charge in [-0.15, -0.1) is 0 Å². The molecule has 2 unspecified atom stereocenters. The van der Waals surface area contributed by atoms with Gasteiger partial charge in [-0.1, -0.05) is 0 Å². The first-order chi connectivity index (χ1) is 4.33. The molecule has 0 aromatic carbocycles. The highest BCUT2D eigenvalue weighted by atomic mass is 16.7. The van der Waals surface area contributed by atoms with Crippen LogP contribution in [0.15, 0.2) is 0 Å². The van der Waals surface area contributed by atoms with Gasteiger partial charge >= 0.3 is 0 Å². The van der Waals surface area contributed by atoms with Crippen LogP contribution in [0.4, 0.5) is 0 Å². The first-order valence-corrected chi connectivity index (χ1v) is 3.34. The van der Waals surface area contributed by atoms with Crippen molar-refractivity contribution in [2.45, 2.75) is 31.7 Å². The van der Waals surface area contributed by atoms with Crippen molar-refractivity contribution in [3.63, 3.8) is 0 Å². The van der Waals surface area contributed by atoms with E-state index in [0.29, 0.717) is 0 Å². The second-order valence-corrected chi connectivity index (χ2v) is 2.35. The molecule has 1 fully saturated rings. The summed E-state index contributed by atoms with van der Waals surface area (Å²) in [6.45, 7) is 3.79. The van der Waals surface area contributed by atoms with E-state index in [1.54, 1.807) is 7.11 Å². The third-order valence-corrected chi connectivity index (χ3v) is 1.57. The molecule has 0 aliphatic carbocycles. The molecule has 1 aliphatic heterocycles. The first kappa shape index (κ1) is 7.03. The van der Waals surface area contributed by atoms with Crippen LogP contribution in [0.1, 0.15) is 19.3 Å². The van der Waals surface area contributed by atoms with Crippen molar-refractivity contribution in [2.75, 3.05) is 7.11 Å². The molecule has 2 atom stereocenters. The van der Waals surface area contributed by atoms with Crippen LogP contribution in [0.25, 0.3) is 0 Å². The summed E-state index contributed by atoms with van der Waals surface area (Å²) in [7, 11) is 1.67. The summed E-state index contributed by atoms with van der Waals surface area (Å²) in [5.41, 5.74) is 0. The van der Waals surface area contributed by atoms with E-state index in [0.717, 1.165) is 12.8 Å². The molecule has 0 spiro atoms. The van der Waals surface area contributed by atoms with Crippen molar-refractivity contribution in [3.8, 4) is 0 Å². The van der Waals surface area contributed by atoms with Crippen LogP contribution in [0.2, 0.25) is 0 Å². The first-order valence-electron chi connectivity index (χ1n) is 3.34. The average Bonchev–Trinajstić information content (AvgIpc) is 1.88. The van der Waals surface area contributed by atoms with E-state index >= 15 is 0 Å². The highest BCUT2D eigenvalue weighted by molar-refractivity contribution is 4.66. The average molecular weight is 129 g/mol. The van der Waals surface area contributed by atoms with Gasteiger partial charge in [0, 0.05) is 7.11 Å². The van der Waals surface area contributed by atoms with Crippen LogP contribution in [0.5, 0.6) is 0 Å². The summed E-state index contributed by atoms with van der Waals surface area (Å²) in [5, 5.41) is 0. The molecule has 9 heavy (non-hydrogen) atoms. The Morgan fingerprint density at radius 3 is 2.78 bits per heavy atom. The fourth-order valence-electron chi connectivity index (χ4n) is 1.04. The Kier molecular flexibility index (Phi) is 2.49. The quantitative estimate of drug-likeness (QED) is 0.532. The standard InChI is InChI=1S/C7H13O2/c1-6-4-3-5-7(8-2)9-6/h6-7H,1,3-5H2,2H3. The fraction of sp³-hybridized carbons (Fsp3) is 0.857. The van der Waals surface area contributed by atoms with Crippen LogP contribution in [0, 0.1) is 6.92 Å². The Labute approximate surface area is 56.2 Å². The number of ether oxygens (including phenoxy) is 2. The summed E-state index contributed by atoms with van der Waals surface area (Å²) in [5.74, 6) is 0. The van der Waals surface area contributed by atoms with Gasteiger partial charge in [0.2, 0.25) is 0 Å². The van der Waals surface area contributed by atoms with E-state index < -0.39 is 0 Å². The third kappa shape index (κ3) is 1.95. The summed E-state index contributed by atoms with van der Waals surface area (Å²) < 4.78 is 10.3. The molecule has 0 aromatic heterocycles. The number of rotatable bonds is 1. The maximum absolute atomic E-state index is 5.30. The van der Waals surface area contributed by atoms with Crippen molar-refractivity contribution < 1.29 is 9.47 Å². The second kappa shape index (κ2) is 3.18. The van der Waals surface area contributed by atoms with E-state index in [-0.39, 0.29) is 12.4 Å². The van der Waals surface area contributed by atoms with Crippen molar-refractivity contribution in [2.24, 2.45) is 0 Å². The fourth-order valence-corrected chi connectivity index (χ4v) is 1.04. The third-order valence-electron chi connectivity index (χ3n) is 1.57.